The second kappa shape index (κ2) is 10.3. The summed E-state index contributed by atoms with van der Waals surface area (Å²) >= 11 is 1.86. The van der Waals surface area contributed by atoms with Gasteiger partial charge in [-0.2, -0.15) is 0 Å². The quantitative estimate of drug-likeness (QED) is 0.194. The Morgan fingerprint density at radius 2 is 1.06 bits per heavy atom. The number of hydrogen-bond acceptors (Lipinski definition) is 3. The standard InChI is InChI=1S/C44H28N2S/c1-2-14-34-29(10-1)11-8-19-39(34)45(33-26-27-43-38(28-33)36-16-4-6-21-42(36)47-43)31-22-24-32(25-23-31)46-40-18-5-3-15-35(40)37-17-7-12-30-13-9-20-41(46)44(30)37/h1-28H. The average Bonchev–Trinajstić information content (AvgIpc) is 3.51. The third kappa shape index (κ3) is 4.04. The van der Waals surface area contributed by atoms with Crippen molar-refractivity contribution in [2.75, 3.05) is 9.80 Å². The molecule has 9 aromatic rings. The summed E-state index contributed by atoms with van der Waals surface area (Å²) in [5.74, 6) is 0. The lowest BCUT2D eigenvalue weighted by Crippen LogP contribution is -2.15. The second-order valence-corrected chi connectivity index (χ2v) is 13.2. The average molecular weight is 617 g/mol. The first kappa shape index (κ1) is 26.3. The van der Waals surface area contributed by atoms with Gasteiger partial charge in [-0.1, -0.05) is 103 Å². The van der Waals surface area contributed by atoms with E-state index in [0.717, 1.165) is 22.7 Å². The van der Waals surface area contributed by atoms with Crippen molar-refractivity contribution in [3.05, 3.63) is 170 Å². The van der Waals surface area contributed by atoms with Crippen LogP contribution in [-0.2, 0) is 0 Å². The van der Waals surface area contributed by atoms with Gasteiger partial charge in [0.2, 0.25) is 0 Å². The van der Waals surface area contributed by atoms with Crippen LogP contribution in [0.3, 0.4) is 0 Å². The molecule has 8 aromatic carbocycles. The van der Waals surface area contributed by atoms with Gasteiger partial charge in [-0.3, -0.25) is 0 Å². The maximum absolute atomic E-state index is 2.42. The van der Waals surface area contributed by atoms with Crippen molar-refractivity contribution in [3.63, 3.8) is 0 Å². The summed E-state index contributed by atoms with van der Waals surface area (Å²) in [5, 5.41) is 7.61. The van der Waals surface area contributed by atoms with E-state index in [4.69, 9.17) is 0 Å². The second-order valence-electron chi connectivity index (χ2n) is 12.2. The highest BCUT2D eigenvalue weighted by atomic mass is 32.1. The topological polar surface area (TPSA) is 6.48 Å². The van der Waals surface area contributed by atoms with Crippen LogP contribution in [0, 0.1) is 0 Å². The number of fused-ring (bicyclic) bond motifs is 6. The van der Waals surface area contributed by atoms with Crippen LogP contribution in [0.25, 0.3) is 52.8 Å². The molecule has 0 saturated heterocycles. The fourth-order valence-electron chi connectivity index (χ4n) is 7.47. The Hall–Kier alpha value is -5.90. The Bertz CT molecular complexity index is 2640. The number of anilines is 6. The van der Waals surface area contributed by atoms with Crippen molar-refractivity contribution in [2.24, 2.45) is 0 Å². The minimum atomic E-state index is 1.12. The molecular formula is C44H28N2S. The van der Waals surface area contributed by atoms with Crippen LogP contribution in [0.4, 0.5) is 34.1 Å². The largest absolute Gasteiger partial charge is 0.310 e. The van der Waals surface area contributed by atoms with Crippen molar-refractivity contribution in [3.8, 4) is 11.1 Å². The van der Waals surface area contributed by atoms with Gasteiger partial charge in [-0.25, -0.2) is 0 Å². The predicted molar refractivity (Wildman–Crippen MR) is 203 cm³/mol. The van der Waals surface area contributed by atoms with Crippen molar-refractivity contribution < 1.29 is 0 Å². The van der Waals surface area contributed by atoms with Crippen LogP contribution in [0.15, 0.2) is 170 Å². The molecule has 0 radical (unpaired) electrons. The van der Waals surface area contributed by atoms with Gasteiger partial charge in [-0.05, 0) is 83.1 Å². The molecule has 220 valence electrons. The van der Waals surface area contributed by atoms with Crippen molar-refractivity contribution in [1.29, 1.82) is 0 Å². The third-order valence-electron chi connectivity index (χ3n) is 9.55. The van der Waals surface area contributed by atoms with E-state index in [2.05, 4.69) is 180 Å². The van der Waals surface area contributed by atoms with Crippen LogP contribution in [-0.4, -0.2) is 0 Å². The highest BCUT2D eigenvalue weighted by Gasteiger charge is 2.26. The van der Waals surface area contributed by atoms with E-state index in [1.807, 2.05) is 11.3 Å². The monoisotopic (exact) mass is 616 g/mol. The number of hydrogen-bond donors (Lipinski definition) is 0. The van der Waals surface area contributed by atoms with Gasteiger partial charge < -0.3 is 9.80 Å². The Morgan fingerprint density at radius 1 is 0.426 bits per heavy atom. The zero-order valence-corrected chi connectivity index (χ0v) is 26.3. The molecule has 0 N–H and O–H groups in total. The van der Waals surface area contributed by atoms with Crippen LogP contribution in [0.2, 0.25) is 0 Å². The molecule has 10 rings (SSSR count). The molecule has 0 aliphatic carbocycles. The number of benzene rings is 8. The van der Waals surface area contributed by atoms with E-state index in [0.29, 0.717) is 0 Å². The van der Waals surface area contributed by atoms with E-state index in [-0.39, 0.29) is 0 Å². The zero-order chi connectivity index (χ0) is 30.9. The van der Waals surface area contributed by atoms with E-state index in [9.17, 15) is 0 Å². The summed E-state index contributed by atoms with van der Waals surface area (Å²) in [5.41, 5.74) is 9.53. The van der Waals surface area contributed by atoms with E-state index in [1.165, 1.54) is 64.2 Å². The van der Waals surface area contributed by atoms with Gasteiger partial charge in [0.15, 0.2) is 0 Å². The SMILES string of the molecule is c1ccc2c(c1)-c1cccc3cccc(c13)N2c1ccc(N(c2ccc3sc4ccccc4c3c2)c2cccc3ccccc23)cc1. The fourth-order valence-corrected chi connectivity index (χ4v) is 8.56. The molecule has 1 aromatic heterocycles. The Labute approximate surface area is 277 Å². The zero-order valence-electron chi connectivity index (χ0n) is 25.5. The lowest BCUT2D eigenvalue weighted by atomic mass is 9.91. The molecule has 2 nitrogen and oxygen atoms in total. The molecule has 0 spiro atoms. The van der Waals surface area contributed by atoms with Gasteiger partial charge in [-0.15, -0.1) is 11.3 Å². The van der Waals surface area contributed by atoms with E-state index < -0.39 is 0 Å². The molecule has 1 aliphatic rings. The third-order valence-corrected chi connectivity index (χ3v) is 10.7. The van der Waals surface area contributed by atoms with Crippen molar-refractivity contribution >= 4 is 87.2 Å². The molecule has 0 bridgehead atoms. The van der Waals surface area contributed by atoms with Crippen molar-refractivity contribution in [2.45, 2.75) is 0 Å². The van der Waals surface area contributed by atoms with E-state index >= 15 is 0 Å². The first-order valence-electron chi connectivity index (χ1n) is 16.0. The molecule has 2 heterocycles. The molecular weight excluding hydrogens is 589 g/mol. The van der Waals surface area contributed by atoms with Crippen LogP contribution >= 0.6 is 11.3 Å². The van der Waals surface area contributed by atoms with E-state index in [1.54, 1.807) is 0 Å². The molecule has 3 heteroatoms. The summed E-state index contributed by atoms with van der Waals surface area (Å²) in [6.07, 6.45) is 0. The normalized spacial score (nSPS) is 12.2. The number of para-hydroxylation sites is 1. The predicted octanol–water partition coefficient (Wildman–Crippen LogP) is 13.3. The maximum atomic E-state index is 2.42. The lowest BCUT2D eigenvalue weighted by molar-refractivity contribution is 1.26. The van der Waals surface area contributed by atoms with Gasteiger partial charge in [0.25, 0.3) is 0 Å². The Morgan fingerprint density at radius 3 is 1.98 bits per heavy atom. The Kier molecular flexibility index (Phi) is 5.78. The van der Waals surface area contributed by atoms with Crippen LogP contribution in [0.5, 0.6) is 0 Å². The van der Waals surface area contributed by atoms with Crippen LogP contribution in [0.1, 0.15) is 0 Å². The number of nitrogens with zero attached hydrogens (tertiary/aromatic N) is 2. The molecule has 0 atom stereocenters. The molecule has 47 heavy (non-hydrogen) atoms. The van der Waals surface area contributed by atoms with Crippen LogP contribution < -0.4 is 9.80 Å². The summed E-state index contributed by atoms with van der Waals surface area (Å²) in [7, 11) is 0. The summed E-state index contributed by atoms with van der Waals surface area (Å²) in [6, 6.07) is 62.0. The minimum absolute atomic E-state index is 1.12. The number of thiophene rings is 1. The lowest BCUT2D eigenvalue weighted by Gasteiger charge is -2.34. The summed E-state index contributed by atoms with van der Waals surface area (Å²) in [6.45, 7) is 0. The summed E-state index contributed by atoms with van der Waals surface area (Å²) < 4.78 is 2.63. The van der Waals surface area contributed by atoms with Crippen molar-refractivity contribution in [1.82, 2.24) is 0 Å². The smallest absolute Gasteiger partial charge is 0.0546 e. The molecule has 1 aliphatic heterocycles. The fraction of sp³-hybridized carbons (Fsp3) is 0. The summed E-state index contributed by atoms with van der Waals surface area (Å²) in [4.78, 5) is 4.83. The maximum Gasteiger partial charge on any atom is 0.0546 e. The van der Waals surface area contributed by atoms with Gasteiger partial charge in [0, 0.05) is 53.6 Å². The molecule has 0 amide bonds. The number of rotatable bonds is 4. The highest BCUT2D eigenvalue weighted by Crippen LogP contribution is 2.51. The molecule has 0 saturated carbocycles. The first-order chi connectivity index (χ1) is 23.3. The molecule has 0 unspecified atom stereocenters. The van der Waals surface area contributed by atoms with Gasteiger partial charge in [0.1, 0.15) is 0 Å². The molecule has 0 fully saturated rings. The minimum Gasteiger partial charge on any atom is -0.310 e. The van der Waals surface area contributed by atoms with Gasteiger partial charge >= 0.3 is 0 Å². The highest BCUT2D eigenvalue weighted by molar-refractivity contribution is 7.25. The van der Waals surface area contributed by atoms with Gasteiger partial charge in [0.05, 0.1) is 17.1 Å². The Balaban J connectivity index is 1.16. The first-order valence-corrected chi connectivity index (χ1v) is 16.8.